The van der Waals surface area contributed by atoms with Crippen LogP contribution >= 0.6 is 0 Å². The Morgan fingerprint density at radius 2 is 1.71 bits per heavy atom. The molecule has 5 heteroatoms. The van der Waals surface area contributed by atoms with Gasteiger partial charge < -0.3 is 14.8 Å². The second-order valence-electron chi connectivity index (χ2n) is 10.8. The molecular weight excluding hydrogens is 354 g/mol. The number of amides is 1. The lowest BCUT2D eigenvalue weighted by atomic mass is 9.69. The molecule has 4 saturated carbocycles. The monoisotopic (exact) mass is 387 g/mol. The first kappa shape index (κ1) is 18.5. The Morgan fingerprint density at radius 1 is 0.964 bits per heavy atom. The Kier molecular flexibility index (Phi) is 4.29. The third-order valence-corrected chi connectivity index (χ3v) is 7.96. The molecule has 9 unspecified atom stereocenters. The molecule has 0 radical (unpaired) electrons. The highest BCUT2D eigenvalue weighted by Crippen LogP contribution is 2.67. The van der Waals surface area contributed by atoms with Crippen LogP contribution in [0.2, 0.25) is 0 Å². The van der Waals surface area contributed by atoms with Gasteiger partial charge in [-0.2, -0.15) is 0 Å². The molecule has 5 rings (SSSR count). The lowest BCUT2D eigenvalue weighted by Crippen LogP contribution is -2.38. The molecule has 0 aromatic heterocycles. The molecule has 5 aliphatic rings. The van der Waals surface area contributed by atoms with E-state index in [-0.39, 0.29) is 30.1 Å². The number of carbonyl (C=O) groups excluding carboxylic acids is 2. The first-order valence-electron chi connectivity index (χ1n) is 11.2. The zero-order chi connectivity index (χ0) is 19.6. The van der Waals surface area contributed by atoms with Gasteiger partial charge in [-0.15, -0.1) is 0 Å². The van der Waals surface area contributed by atoms with Crippen molar-refractivity contribution in [3.05, 3.63) is 12.2 Å². The van der Waals surface area contributed by atoms with Crippen molar-refractivity contribution in [1.29, 1.82) is 0 Å². The molecule has 0 heterocycles. The minimum Gasteiger partial charge on any atom is -0.462 e. The fraction of sp³-hybridized carbons (Fsp3) is 0.826. The van der Waals surface area contributed by atoms with Crippen molar-refractivity contribution in [2.45, 2.75) is 77.0 Å². The molecule has 28 heavy (non-hydrogen) atoms. The lowest BCUT2D eigenvalue weighted by Gasteiger charge is -2.36. The van der Waals surface area contributed by atoms with Gasteiger partial charge in [0.05, 0.1) is 5.92 Å². The number of esters is 1. The predicted octanol–water partition coefficient (Wildman–Crippen LogP) is 4.07. The summed E-state index contributed by atoms with van der Waals surface area (Å²) in [4.78, 5) is 24.9. The van der Waals surface area contributed by atoms with E-state index in [2.05, 4.69) is 17.5 Å². The van der Waals surface area contributed by atoms with Crippen LogP contribution in [-0.2, 0) is 14.3 Å². The standard InChI is InChI=1S/C23H33NO4/c1-23(2,3)28-22(26)24-15-6-7-16(11-15)27-21(25)18-10-14-9-17(18)20-13-5-4-12(8-13)19(14)20/h4-5,12-20H,6-11H2,1-3H3,(H,24,26). The first-order chi connectivity index (χ1) is 13.3. The number of carbonyl (C=O) groups is 2. The summed E-state index contributed by atoms with van der Waals surface area (Å²) in [5.74, 6) is 4.50. The van der Waals surface area contributed by atoms with Crippen LogP contribution in [0.3, 0.4) is 0 Å². The maximum Gasteiger partial charge on any atom is 0.407 e. The second-order valence-corrected chi connectivity index (χ2v) is 10.8. The van der Waals surface area contributed by atoms with Gasteiger partial charge in [0.1, 0.15) is 11.7 Å². The van der Waals surface area contributed by atoms with Crippen molar-refractivity contribution in [2.75, 3.05) is 0 Å². The summed E-state index contributed by atoms with van der Waals surface area (Å²) in [6.07, 6.45) is 10.4. The molecule has 154 valence electrons. The van der Waals surface area contributed by atoms with E-state index in [0.29, 0.717) is 12.3 Å². The molecule has 0 aliphatic heterocycles. The van der Waals surface area contributed by atoms with E-state index in [4.69, 9.17) is 9.47 Å². The minimum absolute atomic E-state index is 0.0284. The van der Waals surface area contributed by atoms with Gasteiger partial charge in [0.15, 0.2) is 0 Å². The van der Waals surface area contributed by atoms with Crippen LogP contribution in [0.4, 0.5) is 4.79 Å². The molecule has 9 atom stereocenters. The minimum atomic E-state index is -0.497. The highest BCUT2D eigenvalue weighted by Gasteiger charge is 2.62. The van der Waals surface area contributed by atoms with Gasteiger partial charge in [0, 0.05) is 12.5 Å². The summed E-state index contributed by atoms with van der Waals surface area (Å²) >= 11 is 0. The van der Waals surface area contributed by atoms with Crippen LogP contribution in [0, 0.1) is 41.4 Å². The van der Waals surface area contributed by atoms with Crippen molar-refractivity contribution >= 4 is 12.1 Å². The number of hydrogen-bond donors (Lipinski definition) is 1. The molecule has 0 saturated heterocycles. The zero-order valence-electron chi connectivity index (χ0n) is 17.2. The van der Waals surface area contributed by atoms with E-state index in [1.54, 1.807) is 0 Å². The Hall–Kier alpha value is -1.52. The van der Waals surface area contributed by atoms with Gasteiger partial charge in [-0.05, 0) is 88.4 Å². The molecule has 4 fully saturated rings. The average Bonchev–Trinajstić information content (AvgIpc) is 3.38. The van der Waals surface area contributed by atoms with E-state index in [1.165, 1.54) is 12.8 Å². The normalized spacial score (nSPS) is 45.3. The molecule has 0 aromatic carbocycles. The first-order valence-corrected chi connectivity index (χ1v) is 11.2. The molecular formula is C23H33NO4. The fourth-order valence-corrected chi connectivity index (χ4v) is 7.19. The quantitative estimate of drug-likeness (QED) is 0.450. The van der Waals surface area contributed by atoms with Crippen molar-refractivity contribution in [3.8, 4) is 0 Å². The number of nitrogens with one attached hydrogen (secondary N) is 1. The number of ether oxygens (including phenoxy) is 2. The van der Waals surface area contributed by atoms with Gasteiger partial charge in [-0.25, -0.2) is 4.79 Å². The average molecular weight is 388 g/mol. The Labute approximate surface area is 167 Å². The topological polar surface area (TPSA) is 64.6 Å². The fourth-order valence-electron chi connectivity index (χ4n) is 7.19. The third kappa shape index (κ3) is 3.15. The highest BCUT2D eigenvalue weighted by atomic mass is 16.6. The van der Waals surface area contributed by atoms with Gasteiger partial charge in [-0.3, -0.25) is 4.79 Å². The Morgan fingerprint density at radius 3 is 2.46 bits per heavy atom. The van der Waals surface area contributed by atoms with E-state index in [9.17, 15) is 9.59 Å². The second kappa shape index (κ2) is 6.50. The summed E-state index contributed by atoms with van der Waals surface area (Å²) in [5, 5.41) is 2.92. The van der Waals surface area contributed by atoms with E-state index in [1.807, 2.05) is 20.8 Å². The third-order valence-electron chi connectivity index (χ3n) is 7.96. The zero-order valence-corrected chi connectivity index (χ0v) is 17.2. The highest BCUT2D eigenvalue weighted by molar-refractivity contribution is 5.74. The Balaban J connectivity index is 1.13. The van der Waals surface area contributed by atoms with Crippen LogP contribution in [0.15, 0.2) is 12.2 Å². The summed E-state index contributed by atoms with van der Waals surface area (Å²) in [5.41, 5.74) is -0.497. The SMILES string of the molecule is CC(C)(C)OC(=O)NC1CCC(OC(=O)C2CC3CC2C2C4C=CC(C4)C32)C1. The van der Waals surface area contributed by atoms with Crippen molar-refractivity contribution in [1.82, 2.24) is 5.32 Å². The number of rotatable bonds is 3. The van der Waals surface area contributed by atoms with Crippen molar-refractivity contribution in [2.24, 2.45) is 41.4 Å². The van der Waals surface area contributed by atoms with Gasteiger partial charge in [0.25, 0.3) is 0 Å². The number of fused-ring (bicyclic) bond motifs is 9. The molecule has 4 bridgehead atoms. The van der Waals surface area contributed by atoms with Gasteiger partial charge in [-0.1, -0.05) is 12.2 Å². The van der Waals surface area contributed by atoms with Crippen LogP contribution < -0.4 is 5.32 Å². The summed E-state index contributed by atoms with van der Waals surface area (Å²) in [7, 11) is 0. The summed E-state index contributed by atoms with van der Waals surface area (Å²) in [6.45, 7) is 5.58. The summed E-state index contributed by atoms with van der Waals surface area (Å²) in [6, 6.07) is 0.0350. The molecule has 1 N–H and O–H groups in total. The van der Waals surface area contributed by atoms with Crippen LogP contribution in [0.25, 0.3) is 0 Å². The smallest absolute Gasteiger partial charge is 0.407 e. The molecule has 1 amide bonds. The predicted molar refractivity (Wildman–Crippen MR) is 104 cm³/mol. The molecule has 5 nitrogen and oxygen atoms in total. The number of allylic oxidation sites excluding steroid dienone is 2. The van der Waals surface area contributed by atoms with E-state index in [0.717, 1.165) is 48.9 Å². The molecule has 5 aliphatic carbocycles. The lowest BCUT2D eigenvalue weighted by molar-refractivity contribution is -0.157. The van der Waals surface area contributed by atoms with Gasteiger partial charge >= 0.3 is 12.1 Å². The van der Waals surface area contributed by atoms with Crippen molar-refractivity contribution in [3.63, 3.8) is 0 Å². The van der Waals surface area contributed by atoms with Gasteiger partial charge in [0.2, 0.25) is 0 Å². The van der Waals surface area contributed by atoms with E-state index < -0.39 is 5.60 Å². The maximum atomic E-state index is 13.0. The largest absolute Gasteiger partial charge is 0.462 e. The van der Waals surface area contributed by atoms with Crippen molar-refractivity contribution < 1.29 is 19.1 Å². The van der Waals surface area contributed by atoms with Crippen LogP contribution in [0.5, 0.6) is 0 Å². The molecule has 0 aromatic rings. The number of alkyl carbamates (subject to hydrolysis) is 1. The maximum absolute atomic E-state index is 13.0. The molecule has 0 spiro atoms. The van der Waals surface area contributed by atoms with E-state index >= 15 is 0 Å². The number of hydrogen-bond acceptors (Lipinski definition) is 4. The summed E-state index contributed by atoms with van der Waals surface area (Å²) < 4.78 is 11.3. The van der Waals surface area contributed by atoms with Crippen LogP contribution in [0.1, 0.15) is 59.3 Å². The van der Waals surface area contributed by atoms with Crippen LogP contribution in [-0.4, -0.2) is 29.8 Å². The Bertz CT molecular complexity index is 695.